The number of piperidine rings is 1. The maximum absolute atomic E-state index is 11.9. The van der Waals surface area contributed by atoms with Crippen molar-refractivity contribution in [3.8, 4) is 0 Å². The first-order chi connectivity index (χ1) is 7.16. The molecule has 1 amide bonds. The fourth-order valence-electron chi connectivity index (χ4n) is 2.51. The molecule has 0 unspecified atom stereocenters. The first kappa shape index (κ1) is 11.0. The Balaban J connectivity index is 1.74. The van der Waals surface area contributed by atoms with Crippen LogP contribution in [0.4, 0.5) is 0 Å². The van der Waals surface area contributed by atoms with Crippen LogP contribution in [0.25, 0.3) is 0 Å². The fraction of sp³-hybridized carbons (Fsp3) is 0.923. The van der Waals surface area contributed by atoms with E-state index in [0.717, 1.165) is 37.3 Å². The van der Waals surface area contributed by atoms with Gasteiger partial charge in [0.05, 0.1) is 0 Å². The first-order valence-electron chi connectivity index (χ1n) is 6.44. The van der Waals surface area contributed by atoms with Gasteiger partial charge in [-0.05, 0) is 43.4 Å². The summed E-state index contributed by atoms with van der Waals surface area (Å²) in [6.45, 7) is 6.61. The quantitative estimate of drug-likeness (QED) is 0.700. The minimum absolute atomic E-state index is 0.416. The Kier molecular flexibility index (Phi) is 3.32. The number of amides is 1. The van der Waals surface area contributed by atoms with E-state index in [0.29, 0.717) is 5.91 Å². The van der Waals surface area contributed by atoms with Gasteiger partial charge in [0.25, 0.3) is 0 Å². The largest absolute Gasteiger partial charge is 0.343 e. The molecular formula is C13H23NO. The molecule has 2 aliphatic rings. The minimum Gasteiger partial charge on any atom is -0.343 e. The standard InChI is InChI=1S/C13H23NO/c1-10(2)12-5-7-14(8-6-12)13(15)9-11-3-4-11/h10-12H,3-9H2,1-2H3. The summed E-state index contributed by atoms with van der Waals surface area (Å²) in [7, 11) is 0. The molecule has 0 atom stereocenters. The second-order valence-corrected chi connectivity index (χ2v) is 5.61. The highest BCUT2D eigenvalue weighted by atomic mass is 16.2. The van der Waals surface area contributed by atoms with Gasteiger partial charge in [-0.3, -0.25) is 4.79 Å². The highest BCUT2D eigenvalue weighted by Gasteiger charge is 2.29. The Bertz CT molecular complexity index is 225. The van der Waals surface area contributed by atoms with Crippen LogP contribution in [0.3, 0.4) is 0 Å². The molecule has 0 aromatic heterocycles. The molecular weight excluding hydrogens is 186 g/mol. The molecule has 0 aromatic rings. The third-order valence-corrected chi connectivity index (χ3v) is 4.00. The van der Waals surface area contributed by atoms with Crippen molar-refractivity contribution in [1.29, 1.82) is 0 Å². The number of carbonyl (C=O) groups is 1. The van der Waals surface area contributed by atoms with Crippen molar-refractivity contribution in [2.24, 2.45) is 17.8 Å². The second kappa shape index (κ2) is 4.54. The molecule has 0 N–H and O–H groups in total. The van der Waals surface area contributed by atoms with Crippen LogP contribution in [-0.2, 0) is 4.79 Å². The lowest BCUT2D eigenvalue weighted by Gasteiger charge is -2.34. The summed E-state index contributed by atoms with van der Waals surface area (Å²) >= 11 is 0. The van der Waals surface area contributed by atoms with Crippen molar-refractivity contribution < 1.29 is 4.79 Å². The molecule has 0 spiro atoms. The zero-order chi connectivity index (χ0) is 10.8. The molecule has 1 saturated carbocycles. The predicted octanol–water partition coefficient (Wildman–Crippen LogP) is 2.68. The van der Waals surface area contributed by atoms with Crippen molar-refractivity contribution in [2.75, 3.05) is 13.1 Å². The van der Waals surface area contributed by atoms with Crippen molar-refractivity contribution in [3.05, 3.63) is 0 Å². The molecule has 1 aliphatic carbocycles. The van der Waals surface area contributed by atoms with Gasteiger partial charge in [0.1, 0.15) is 0 Å². The van der Waals surface area contributed by atoms with Gasteiger partial charge in [-0.1, -0.05) is 13.8 Å². The maximum atomic E-state index is 11.9. The molecule has 86 valence electrons. The van der Waals surface area contributed by atoms with Gasteiger partial charge in [0, 0.05) is 19.5 Å². The SMILES string of the molecule is CC(C)C1CCN(C(=O)CC2CC2)CC1. The van der Waals surface area contributed by atoms with E-state index in [2.05, 4.69) is 18.7 Å². The highest BCUT2D eigenvalue weighted by molar-refractivity contribution is 5.76. The minimum atomic E-state index is 0.416. The molecule has 0 bridgehead atoms. The zero-order valence-electron chi connectivity index (χ0n) is 10.0. The normalized spacial score (nSPS) is 23.5. The average Bonchev–Trinajstić information content (AvgIpc) is 3.02. The third kappa shape index (κ3) is 2.96. The number of carbonyl (C=O) groups excluding carboxylic acids is 1. The smallest absolute Gasteiger partial charge is 0.222 e. The van der Waals surface area contributed by atoms with Crippen LogP contribution in [-0.4, -0.2) is 23.9 Å². The predicted molar refractivity (Wildman–Crippen MR) is 61.5 cm³/mol. The molecule has 0 radical (unpaired) electrons. The van der Waals surface area contributed by atoms with Crippen LogP contribution < -0.4 is 0 Å². The molecule has 2 nitrogen and oxygen atoms in total. The van der Waals surface area contributed by atoms with Gasteiger partial charge in [-0.15, -0.1) is 0 Å². The lowest BCUT2D eigenvalue weighted by molar-refractivity contribution is -0.133. The molecule has 2 fully saturated rings. The Hall–Kier alpha value is -0.530. The number of nitrogens with zero attached hydrogens (tertiary/aromatic N) is 1. The first-order valence-corrected chi connectivity index (χ1v) is 6.44. The van der Waals surface area contributed by atoms with Crippen LogP contribution in [0.2, 0.25) is 0 Å². The van der Waals surface area contributed by atoms with E-state index in [-0.39, 0.29) is 0 Å². The van der Waals surface area contributed by atoms with Crippen LogP contribution in [0.5, 0.6) is 0 Å². The number of hydrogen-bond donors (Lipinski definition) is 0. The maximum Gasteiger partial charge on any atom is 0.222 e. The van der Waals surface area contributed by atoms with Crippen molar-refractivity contribution in [3.63, 3.8) is 0 Å². The van der Waals surface area contributed by atoms with Crippen molar-refractivity contribution in [1.82, 2.24) is 4.90 Å². The van der Waals surface area contributed by atoms with Gasteiger partial charge in [0.15, 0.2) is 0 Å². The van der Waals surface area contributed by atoms with Gasteiger partial charge in [0.2, 0.25) is 5.91 Å². The van der Waals surface area contributed by atoms with E-state index >= 15 is 0 Å². The number of hydrogen-bond acceptors (Lipinski definition) is 1. The summed E-state index contributed by atoms with van der Waals surface area (Å²) in [5.74, 6) is 2.78. The summed E-state index contributed by atoms with van der Waals surface area (Å²) in [5.41, 5.74) is 0. The third-order valence-electron chi connectivity index (χ3n) is 4.00. The lowest BCUT2D eigenvalue weighted by atomic mass is 9.86. The summed E-state index contributed by atoms with van der Waals surface area (Å²) in [6, 6.07) is 0. The van der Waals surface area contributed by atoms with E-state index in [1.54, 1.807) is 0 Å². The average molecular weight is 209 g/mol. The van der Waals surface area contributed by atoms with Crippen LogP contribution in [0.1, 0.15) is 46.0 Å². The monoisotopic (exact) mass is 209 g/mol. The number of rotatable bonds is 3. The topological polar surface area (TPSA) is 20.3 Å². The van der Waals surface area contributed by atoms with Gasteiger partial charge < -0.3 is 4.90 Å². The molecule has 2 heteroatoms. The summed E-state index contributed by atoms with van der Waals surface area (Å²) in [5, 5.41) is 0. The highest BCUT2D eigenvalue weighted by Crippen LogP contribution is 2.33. The van der Waals surface area contributed by atoms with Crippen LogP contribution in [0, 0.1) is 17.8 Å². The molecule has 1 heterocycles. The van der Waals surface area contributed by atoms with Crippen molar-refractivity contribution in [2.45, 2.75) is 46.0 Å². The fourth-order valence-corrected chi connectivity index (χ4v) is 2.51. The summed E-state index contributed by atoms with van der Waals surface area (Å²) < 4.78 is 0. The van der Waals surface area contributed by atoms with Crippen LogP contribution >= 0.6 is 0 Å². The zero-order valence-corrected chi connectivity index (χ0v) is 10.0. The Morgan fingerprint density at radius 3 is 2.27 bits per heavy atom. The number of likely N-dealkylation sites (tertiary alicyclic amines) is 1. The van der Waals surface area contributed by atoms with Crippen LogP contribution in [0.15, 0.2) is 0 Å². The van der Waals surface area contributed by atoms with E-state index < -0.39 is 0 Å². The van der Waals surface area contributed by atoms with Gasteiger partial charge in [-0.2, -0.15) is 0 Å². The molecule has 15 heavy (non-hydrogen) atoms. The van der Waals surface area contributed by atoms with E-state index in [4.69, 9.17) is 0 Å². The second-order valence-electron chi connectivity index (χ2n) is 5.61. The Morgan fingerprint density at radius 1 is 1.20 bits per heavy atom. The molecule has 2 rings (SSSR count). The van der Waals surface area contributed by atoms with E-state index in [1.807, 2.05) is 0 Å². The van der Waals surface area contributed by atoms with E-state index in [1.165, 1.54) is 25.7 Å². The molecule has 1 saturated heterocycles. The lowest BCUT2D eigenvalue weighted by Crippen LogP contribution is -2.39. The molecule has 0 aromatic carbocycles. The Labute approximate surface area is 93.0 Å². The Morgan fingerprint density at radius 2 is 1.80 bits per heavy atom. The summed E-state index contributed by atoms with van der Waals surface area (Å²) in [6.07, 6.45) is 5.83. The summed E-state index contributed by atoms with van der Waals surface area (Å²) in [4.78, 5) is 13.9. The van der Waals surface area contributed by atoms with E-state index in [9.17, 15) is 4.79 Å². The van der Waals surface area contributed by atoms with Gasteiger partial charge >= 0.3 is 0 Å². The van der Waals surface area contributed by atoms with Gasteiger partial charge in [-0.25, -0.2) is 0 Å². The molecule has 1 aliphatic heterocycles. The van der Waals surface area contributed by atoms with Crippen molar-refractivity contribution >= 4 is 5.91 Å².